The number of hydrogen-bond donors (Lipinski definition) is 1. The van der Waals surface area contributed by atoms with Gasteiger partial charge >= 0.3 is 0 Å². The van der Waals surface area contributed by atoms with Gasteiger partial charge in [0.15, 0.2) is 17.3 Å². The number of nitrogens with zero attached hydrogens (tertiary/aromatic N) is 3. The minimum atomic E-state index is 0.536. The van der Waals surface area contributed by atoms with Gasteiger partial charge in [-0.15, -0.1) is 0 Å². The summed E-state index contributed by atoms with van der Waals surface area (Å²) in [6, 6.07) is 5.57. The van der Waals surface area contributed by atoms with Crippen molar-refractivity contribution in [2.75, 3.05) is 20.8 Å². The van der Waals surface area contributed by atoms with Crippen molar-refractivity contribution in [2.24, 2.45) is 5.73 Å². The van der Waals surface area contributed by atoms with E-state index in [1.807, 2.05) is 18.2 Å². The first-order valence-corrected chi connectivity index (χ1v) is 5.60. The molecule has 1 aromatic heterocycles. The molecule has 96 valence electrons. The van der Waals surface area contributed by atoms with E-state index in [0.717, 1.165) is 5.56 Å². The number of ether oxygens (including phenoxy) is 2. The Morgan fingerprint density at radius 2 is 2.00 bits per heavy atom. The van der Waals surface area contributed by atoms with Crippen molar-refractivity contribution < 1.29 is 9.47 Å². The monoisotopic (exact) mass is 248 g/mol. The smallest absolute Gasteiger partial charge is 0.181 e. The summed E-state index contributed by atoms with van der Waals surface area (Å²) in [5.74, 6) is 1.98. The summed E-state index contributed by atoms with van der Waals surface area (Å²) in [6.45, 7) is 1.19. The fourth-order valence-electron chi connectivity index (χ4n) is 1.64. The van der Waals surface area contributed by atoms with E-state index in [-0.39, 0.29) is 0 Å². The first-order valence-electron chi connectivity index (χ1n) is 5.60. The second-order valence-electron chi connectivity index (χ2n) is 3.69. The summed E-state index contributed by atoms with van der Waals surface area (Å²) >= 11 is 0. The number of rotatable bonds is 5. The van der Waals surface area contributed by atoms with Gasteiger partial charge in [0.1, 0.15) is 6.33 Å². The average Bonchev–Trinajstić information content (AvgIpc) is 2.87. The molecule has 0 aliphatic heterocycles. The highest BCUT2D eigenvalue weighted by molar-refractivity contribution is 5.60. The van der Waals surface area contributed by atoms with Gasteiger partial charge in [0.25, 0.3) is 0 Å². The summed E-state index contributed by atoms with van der Waals surface area (Å²) in [7, 11) is 3.20. The highest BCUT2D eigenvalue weighted by atomic mass is 16.5. The third-order valence-electron chi connectivity index (χ3n) is 2.54. The molecular formula is C12H16N4O2. The molecule has 6 nitrogen and oxygen atoms in total. The maximum atomic E-state index is 5.47. The van der Waals surface area contributed by atoms with Gasteiger partial charge < -0.3 is 15.2 Å². The van der Waals surface area contributed by atoms with Crippen LogP contribution >= 0.6 is 0 Å². The van der Waals surface area contributed by atoms with Crippen molar-refractivity contribution in [3.05, 3.63) is 24.5 Å². The molecule has 0 fully saturated rings. The fourth-order valence-corrected chi connectivity index (χ4v) is 1.64. The van der Waals surface area contributed by atoms with Gasteiger partial charge in [-0.1, -0.05) is 0 Å². The van der Waals surface area contributed by atoms with Crippen LogP contribution in [0.2, 0.25) is 0 Å². The van der Waals surface area contributed by atoms with Crippen LogP contribution in [0, 0.1) is 0 Å². The lowest BCUT2D eigenvalue weighted by Crippen LogP contribution is -2.10. The molecule has 2 N–H and O–H groups in total. The lowest BCUT2D eigenvalue weighted by atomic mass is 10.2. The van der Waals surface area contributed by atoms with Gasteiger partial charge in [-0.05, 0) is 18.2 Å². The molecule has 0 amide bonds. The van der Waals surface area contributed by atoms with Gasteiger partial charge in [0, 0.05) is 12.1 Å². The standard InChI is InChI=1S/C12H16N4O2/c1-17-10-4-3-9(7-11(10)18-2)12-14-8-16(15-12)6-5-13/h3-4,7-8H,5-6,13H2,1-2H3. The van der Waals surface area contributed by atoms with Crippen LogP contribution in [0.1, 0.15) is 0 Å². The molecule has 1 heterocycles. The zero-order chi connectivity index (χ0) is 13.0. The molecule has 0 aliphatic carbocycles. The topological polar surface area (TPSA) is 75.2 Å². The van der Waals surface area contributed by atoms with Crippen molar-refractivity contribution >= 4 is 0 Å². The quantitative estimate of drug-likeness (QED) is 0.851. The number of methoxy groups -OCH3 is 2. The van der Waals surface area contributed by atoms with Gasteiger partial charge in [0.2, 0.25) is 0 Å². The van der Waals surface area contributed by atoms with Crippen LogP contribution in [0.4, 0.5) is 0 Å². The molecule has 6 heteroatoms. The van der Waals surface area contributed by atoms with Crippen LogP contribution < -0.4 is 15.2 Å². The predicted octanol–water partition coefficient (Wildman–Crippen LogP) is 0.921. The largest absolute Gasteiger partial charge is 0.493 e. The summed E-state index contributed by atoms with van der Waals surface area (Å²) < 4.78 is 12.1. The third kappa shape index (κ3) is 2.43. The number of nitrogens with two attached hydrogens (primary N) is 1. The zero-order valence-corrected chi connectivity index (χ0v) is 10.5. The molecule has 0 saturated carbocycles. The lowest BCUT2D eigenvalue weighted by molar-refractivity contribution is 0.355. The maximum absolute atomic E-state index is 5.47. The highest BCUT2D eigenvalue weighted by Crippen LogP contribution is 2.30. The summed E-state index contributed by atoms with van der Waals surface area (Å²) in [6.07, 6.45) is 1.67. The van der Waals surface area contributed by atoms with Crippen LogP contribution in [-0.4, -0.2) is 35.5 Å². The summed E-state index contributed by atoms with van der Waals surface area (Å²) in [5, 5.41) is 4.33. The molecule has 0 saturated heterocycles. The SMILES string of the molecule is COc1ccc(-c2ncn(CCN)n2)cc1OC. The Hall–Kier alpha value is -2.08. The summed E-state index contributed by atoms with van der Waals surface area (Å²) in [4.78, 5) is 4.24. The van der Waals surface area contributed by atoms with Crippen LogP contribution in [0.3, 0.4) is 0 Å². The zero-order valence-electron chi connectivity index (χ0n) is 10.5. The molecule has 2 aromatic rings. The average molecular weight is 248 g/mol. The van der Waals surface area contributed by atoms with Crippen molar-refractivity contribution in [2.45, 2.75) is 6.54 Å². The van der Waals surface area contributed by atoms with E-state index >= 15 is 0 Å². The molecule has 1 aromatic carbocycles. The minimum absolute atomic E-state index is 0.536. The molecule has 0 spiro atoms. The Labute approximate surface area is 105 Å². The molecule has 2 rings (SSSR count). The molecule has 0 aliphatic rings. The molecular weight excluding hydrogens is 232 g/mol. The Bertz CT molecular complexity index is 525. The fraction of sp³-hybridized carbons (Fsp3) is 0.333. The van der Waals surface area contributed by atoms with Gasteiger partial charge in [0.05, 0.1) is 20.8 Å². The summed E-state index contributed by atoms with van der Waals surface area (Å²) in [5.41, 5.74) is 6.35. The normalized spacial score (nSPS) is 10.4. The molecule has 0 atom stereocenters. The highest BCUT2D eigenvalue weighted by Gasteiger charge is 2.09. The van der Waals surface area contributed by atoms with Crippen molar-refractivity contribution in [1.82, 2.24) is 14.8 Å². The lowest BCUT2D eigenvalue weighted by Gasteiger charge is -2.07. The molecule has 0 bridgehead atoms. The van der Waals surface area contributed by atoms with Crippen LogP contribution in [0.25, 0.3) is 11.4 Å². The first kappa shape index (κ1) is 12.4. The predicted molar refractivity (Wildman–Crippen MR) is 67.6 cm³/mol. The molecule has 18 heavy (non-hydrogen) atoms. The second kappa shape index (κ2) is 5.50. The van der Waals surface area contributed by atoms with Crippen molar-refractivity contribution in [1.29, 1.82) is 0 Å². The first-order chi connectivity index (χ1) is 8.78. The Morgan fingerprint density at radius 3 is 2.67 bits per heavy atom. The number of aromatic nitrogens is 3. The maximum Gasteiger partial charge on any atom is 0.181 e. The van der Waals surface area contributed by atoms with Crippen LogP contribution in [-0.2, 0) is 6.54 Å². The Balaban J connectivity index is 2.31. The van der Waals surface area contributed by atoms with E-state index in [1.165, 1.54) is 0 Å². The number of benzene rings is 1. The Kier molecular flexibility index (Phi) is 3.78. The van der Waals surface area contributed by atoms with E-state index < -0.39 is 0 Å². The third-order valence-corrected chi connectivity index (χ3v) is 2.54. The number of hydrogen-bond acceptors (Lipinski definition) is 5. The van der Waals surface area contributed by atoms with Crippen LogP contribution in [0.15, 0.2) is 24.5 Å². The van der Waals surface area contributed by atoms with E-state index in [9.17, 15) is 0 Å². The Morgan fingerprint density at radius 1 is 1.22 bits per heavy atom. The minimum Gasteiger partial charge on any atom is -0.493 e. The molecule has 0 radical (unpaired) electrons. The van der Waals surface area contributed by atoms with Gasteiger partial charge in [-0.3, -0.25) is 4.68 Å². The van der Waals surface area contributed by atoms with Crippen LogP contribution in [0.5, 0.6) is 11.5 Å². The second-order valence-corrected chi connectivity index (χ2v) is 3.69. The van der Waals surface area contributed by atoms with Crippen molar-refractivity contribution in [3.63, 3.8) is 0 Å². The van der Waals surface area contributed by atoms with E-state index in [1.54, 1.807) is 25.2 Å². The van der Waals surface area contributed by atoms with Crippen molar-refractivity contribution in [3.8, 4) is 22.9 Å². The van der Waals surface area contributed by atoms with E-state index in [2.05, 4.69) is 10.1 Å². The molecule has 0 unspecified atom stereocenters. The van der Waals surface area contributed by atoms with E-state index in [4.69, 9.17) is 15.2 Å². The van der Waals surface area contributed by atoms with E-state index in [0.29, 0.717) is 30.4 Å². The van der Waals surface area contributed by atoms with Gasteiger partial charge in [-0.25, -0.2) is 4.98 Å². The van der Waals surface area contributed by atoms with Gasteiger partial charge in [-0.2, -0.15) is 5.10 Å².